The first-order valence-corrected chi connectivity index (χ1v) is 4.61. The second-order valence-corrected chi connectivity index (χ2v) is 3.38. The van der Waals surface area contributed by atoms with E-state index >= 15 is 0 Å². The Bertz CT molecular complexity index is 386. The van der Waals surface area contributed by atoms with Crippen LogP contribution >= 0.6 is 11.6 Å². The van der Waals surface area contributed by atoms with E-state index in [9.17, 15) is 4.79 Å². The number of nitrogens with zero attached hydrogens (tertiary/aromatic N) is 1. The van der Waals surface area contributed by atoms with Crippen LogP contribution in [-0.2, 0) is 17.4 Å². The van der Waals surface area contributed by atoms with Gasteiger partial charge in [-0.25, -0.2) is 0 Å². The average Bonchev–Trinajstić information content (AvgIpc) is 2.18. The molecule has 1 N–H and O–H groups in total. The first-order valence-electron chi connectivity index (χ1n) is 3.73. The van der Waals surface area contributed by atoms with E-state index in [-0.39, 0.29) is 5.84 Å². The van der Waals surface area contributed by atoms with Crippen molar-refractivity contribution in [2.45, 2.75) is 0 Å². The molecule has 1 rings (SSSR count). The molecular formula is C9H8ClN2OS+. The molecule has 0 fully saturated rings. The van der Waals surface area contributed by atoms with E-state index in [4.69, 9.17) is 17.0 Å². The molecular weight excluding hydrogens is 220 g/mol. The molecule has 0 aliphatic heterocycles. The van der Waals surface area contributed by atoms with Crippen LogP contribution in [0, 0.1) is 5.41 Å². The van der Waals surface area contributed by atoms with Crippen LogP contribution in [0.1, 0.15) is 5.56 Å². The molecule has 0 unspecified atom stereocenters. The highest BCUT2D eigenvalue weighted by atomic mass is 35.5. The number of benzene rings is 1. The maximum atomic E-state index is 10.2. The highest BCUT2D eigenvalue weighted by Crippen LogP contribution is 2.09. The zero-order valence-electron chi connectivity index (χ0n) is 7.12. The van der Waals surface area contributed by atoms with Crippen LogP contribution in [-0.4, -0.2) is 17.2 Å². The molecule has 0 saturated carbocycles. The fourth-order valence-corrected chi connectivity index (χ4v) is 1.23. The van der Waals surface area contributed by atoms with Gasteiger partial charge in [0.15, 0.2) is 12.1 Å². The molecule has 5 heteroatoms. The van der Waals surface area contributed by atoms with Crippen LogP contribution in [0.15, 0.2) is 29.3 Å². The largest absolute Gasteiger partial charge is 0.294 e. The first-order chi connectivity index (χ1) is 6.63. The number of rotatable bonds is 2. The Balaban J connectivity index is 2.94. The Hall–Kier alpha value is -1.13. The van der Waals surface area contributed by atoms with E-state index in [2.05, 4.69) is 17.6 Å². The Kier molecular flexibility index (Phi) is 3.85. The Morgan fingerprint density at radius 1 is 1.43 bits per heavy atom. The molecule has 0 saturated heterocycles. The molecule has 1 aromatic carbocycles. The maximum absolute atomic E-state index is 10.2. The number of halogens is 1. The van der Waals surface area contributed by atoms with Crippen molar-refractivity contribution in [2.24, 2.45) is 4.99 Å². The molecule has 0 aromatic heterocycles. The summed E-state index contributed by atoms with van der Waals surface area (Å²) in [6.07, 6.45) is 0.371. The Morgan fingerprint density at radius 3 is 2.50 bits per heavy atom. The quantitative estimate of drug-likeness (QED) is 0.352. The van der Waals surface area contributed by atoms with Crippen LogP contribution in [0.25, 0.3) is 0 Å². The second-order valence-electron chi connectivity index (χ2n) is 2.47. The molecule has 0 radical (unpaired) electrons. The van der Waals surface area contributed by atoms with Crippen LogP contribution in [0.2, 0.25) is 5.02 Å². The summed E-state index contributed by atoms with van der Waals surface area (Å²) in [7, 11) is 0. The molecule has 0 spiro atoms. The first kappa shape index (κ1) is 10.9. The Labute approximate surface area is 91.7 Å². The normalized spacial score (nSPS) is 11.1. The highest BCUT2D eigenvalue weighted by Gasteiger charge is 2.05. The molecule has 3 nitrogen and oxygen atoms in total. The standard InChI is InChI=1S/C9H7ClN2OS/c10-7-3-1-6(2-4-7)9(14)12-8(11)5-13/h1-5H,(H2,11,12,14)/p+1. The minimum atomic E-state index is -0.329. The molecule has 0 bridgehead atoms. The molecule has 1 aromatic rings. The SMILES string of the molecule is N=C(C=O)N=C([SH2+])c1ccc(Cl)cc1. The number of carbonyl (C=O) groups is 1. The fourth-order valence-electron chi connectivity index (χ4n) is 0.819. The van der Waals surface area contributed by atoms with Gasteiger partial charge >= 0.3 is 0 Å². The fraction of sp³-hybridized carbons (Fsp3) is 0. The lowest BCUT2D eigenvalue weighted by atomic mass is 10.2. The third-order valence-electron chi connectivity index (χ3n) is 1.46. The van der Waals surface area contributed by atoms with Crippen molar-refractivity contribution < 1.29 is 4.79 Å². The van der Waals surface area contributed by atoms with Gasteiger partial charge in [0.25, 0.3) is 5.04 Å². The monoisotopic (exact) mass is 227 g/mol. The van der Waals surface area contributed by atoms with Crippen molar-refractivity contribution in [3.8, 4) is 0 Å². The van der Waals surface area contributed by atoms with E-state index < -0.39 is 0 Å². The second kappa shape index (κ2) is 4.93. The van der Waals surface area contributed by atoms with Crippen molar-refractivity contribution in [1.29, 1.82) is 5.41 Å². The lowest BCUT2D eigenvalue weighted by Crippen LogP contribution is -2.01. The van der Waals surface area contributed by atoms with Crippen LogP contribution in [0.5, 0.6) is 0 Å². The van der Waals surface area contributed by atoms with E-state index in [1.165, 1.54) is 0 Å². The maximum Gasteiger partial charge on any atom is 0.251 e. The summed E-state index contributed by atoms with van der Waals surface area (Å²) in [6.45, 7) is 0. The smallest absolute Gasteiger partial charge is 0.251 e. The predicted molar refractivity (Wildman–Crippen MR) is 61.9 cm³/mol. The minimum Gasteiger partial charge on any atom is -0.294 e. The van der Waals surface area contributed by atoms with Gasteiger partial charge in [-0.2, -0.15) is 4.99 Å². The van der Waals surface area contributed by atoms with Gasteiger partial charge in [-0.1, -0.05) is 11.6 Å². The van der Waals surface area contributed by atoms with Crippen LogP contribution < -0.4 is 0 Å². The number of aliphatic imine (C=N–C) groups is 1. The summed E-state index contributed by atoms with van der Waals surface area (Å²) in [5.41, 5.74) is 0.762. The van der Waals surface area contributed by atoms with Crippen molar-refractivity contribution in [3.63, 3.8) is 0 Å². The van der Waals surface area contributed by atoms with Crippen molar-refractivity contribution in [2.75, 3.05) is 0 Å². The molecule has 0 heterocycles. The van der Waals surface area contributed by atoms with Gasteiger partial charge in [-0.3, -0.25) is 10.2 Å². The van der Waals surface area contributed by atoms with Gasteiger partial charge in [0.1, 0.15) is 0 Å². The molecule has 0 aliphatic rings. The van der Waals surface area contributed by atoms with E-state index in [0.29, 0.717) is 16.4 Å². The lowest BCUT2D eigenvalue weighted by Gasteiger charge is -1.93. The van der Waals surface area contributed by atoms with Crippen molar-refractivity contribution >= 4 is 41.4 Å². The zero-order chi connectivity index (χ0) is 10.6. The van der Waals surface area contributed by atoms with E-state index in [0.717, 1.165) is 5.56 Å². The van der Waals surface area contributed by atoms with Gasteiger partial charge < -0.3 is 0 Å². The third-order valence-corrected chi connectivity index (χ3v) is 2.11. The predicted octanol–water partition coefficient (Wildman–Crippen LogP) is 1.27. The Morgan fingerprint density at radius 2 is 2.00 bits per heavy atom. The topological polar surface area (TPSA) is 53.3 Å². The molecule has 0 amide bonds. The average molecular weight is 228 g/mol. The van der Waals surface area contributed by atoms with Crippen molar-refractivity contribution in [3.05, 3.63) is 34.9 Å². The summed E-state index contributed by atoms with van der Waals surface area (Å²) >= 11 is 8.91. The summed E-state index contributed by atoms with van der Waals surface area (Å²) in [5, 5.41) is 8.10. The molecule has 72 valence electrons. The van der Waals surface area contributed by atoms with E-state index in [1.54, 1.807) is 24.3 Å². The van der Waals surface area contributed by atoms with Gasteiger partial charge in [-0.15, -0.1) is 0 Å². The van der Waals surface area contributed by atoms with Gasteiger partial charge in [0.2, 0.25) is 0 Å². The van der Waals surface area contributed by atoms with Gasteiger partial charge in [0, 0.05) is 23.2 Å². The summed E-state index contributed by atoms with van der Waals surface area (Å²) in [5.74, 6) is -0.329. The van der Waals surface area contributed by atoms with Crippen LogP contribution in [0.3, 0.4) is 0 Å². The number of hydrogen-bond acceptors (Lipinski definition) is 2. The lowest BCUT2D eigenvalue weighted by molar-refractivity contribution is -0.102. The van der Waals surface area contributed by atoms with E-state index in [1.807, 2.05) is 0 Å². The molecule has 0 atom stereocenters. The number of aldehydes is 1. The highest BCUT2D eigenvalue weighted by molar-refractivity contribution is 7.78. The summed E-state index contributed by atoms with van der Waals surface area (Å²) < 4.78 is 0. The molecule has 0 aliphatic carbocycles. The number of carbonyl (C=O) groups excluding carboxylic acids is 1. The zero-order valence-corrected chi connectivity index (χ0v) is 8.88. The number of amidine groups is 1. The van der Waals surface area contributed by atoms with Gasteiger partial charge in [0.05, 0.1) is 0 Å². The van der Waals surface area contributed by atoms with Gasteiger partial charge in [-0.05, 0) is 24.3 Å². The third kappa shape index (κ3) is 2.97. The number of nitrogens with one attached hydrogen (secondary N) is 1. The summed E-state index contributed by atoms with van der Waals surface area (Å²) in [4.78, 5) is 13.8. The molecule has 14 heavy (non-hydrogen) atoms. The number of hydrogen-bond donors (Lipinski definition) is 1. The summed E-state index contributed by atoms with van der Waals surface area (Å²) in [6, 6.07) is 6.90. The van der Waals surface area contributed by atoms with Crippen LogP contribution in [0.4, 0.5) is 0 Å². The minimum absolute atomic E-state index is 0.329. The van der Waals surface area contributed by atoms with Crippen molar-refractivity contribution in [1.82, 2.24) is 0 Å².